The molecule has 0 radical (unpaired) electrons. The fourth-order valence-corrected chi connectivity index (χ4v) is 3.99. The van der Waals surface area contributed by atoms with Crippen molar-refractivity contribution in [3.05, 3.63) is 58.6 Å². The third kappa shape index (κ3) is 7.91. The lowest BCUT2D eigenvalue weighted by Gasteiger charge is -2.29. The Balaban J connectivity index is 0.00000114. The topological polar surface area (TPSA) is 27.7 Å². The summed E-state index contributed by atoms with van der Waals surface area (Å²) in [7, 11) is 1.35. The highest BCUT2D eigenvalue weighted by Gasteiger charge is 2.25. The number of halogens is 2. The van der Waals surface area contributed by atoms with Crippen molar-refractivity contribution < 1.29 is 23.0 Å². The molecule has 1 aromatic carbocycles. The van der Waals surface area contributed by atoms with E-state index < -0.39 is 11.7 Å². The summed E-state index contributed by atoms with van der Waals surface area (Å²) in [6.45, 7) is 7.47. The van der Waals surface area contributed by atoms with Crippen molar-refractivity contribution >= 4 is 0 Å². The molecule has 1 saturated heterocycles. The minimum absolute atomic E-state index is 0.0431. The van der Waals surface area contributed by atoms with Crippen LogP contribution in [0.1, 0.15) is 95.6 Å². The molecule has 3 nitrogen and oxygen atoms in total. The molecule has 1 aliphatic carbocycles. The summed E-state index contributed by atoms with van der Waals surface area (Å²) in [5, 5.41) is 0. The zero-order valence-electron chi connectivity index (χ0n) is 20.2. The Morgan fingerprint density at radius 2 is 1.59 bits per heavy atom. The predicted molar refractivity (Wildman–Crippen MR) is 126 cm³/mol. The largest absolute Gasteiger partial charge is 0.498 e. The summed E-state index contributed by atoms with van der Waals surface area (Å²) < 4.78 is 44.3. The van der Waals surface area contributed by atoms with Crippen LogP contribution in [0.3, 0.4) is 0 Å². The van der Waals surface area contributed by atoms with Gasteiger partial charge in [0.05, 0.1) is 19.8 Å². The summed E-state index contributed by atoms with van der Waals surface area (Å²) in [6, 6.07) is 8.19. The van der Waals surface area contributed by atoms with Crippen LogP contribution in [0.15, 0.2) is 47.4 Å². The van der Waals surface area contributed by atoms with Crippen LogP contribution in [0.4, 0.5) is 8.78 Å². The first-order valence-corrected chi connectivity index (χ1v) is 12.2. The van der Waals surface area contributed by atoms with Gasteiger partial charge >= 0.3 is 0 Å². The predicted octanol–water partition coefficient (Wildman–Crippen LogP) is 8.26. The van der Waals surface area contributed by atoms with Crippen molar-refractivity contribution in [2.24, 2.45) is 0 Å². The van der Waals surface area contributed by atoms with Gasteiger partial charge in [-0.3, -0.25) is 0 Å². The molecule has 1 heterocycles. The maximum Gasteiger partial charge on any atom is 0.199 e. The monoisotopic (exact) mass is 450 g/mol. The second-order valence-corrected chi connectivity index (χ2v) is 8.64. The van der Waals surface area contributed by atoms with Gasteiger partial charge in [-0.25, -0.2) is 0 Å². The molecule has 0 spiro atoms. The molecule has 2 unspecified atom stereocenters. The Morgan fingerprint density at radius 1 is 0.938 bits per heavy atom. The summed E-state index contributed by atoms with van der Waals surface area (Å²) in [5.74, 6) is -1.37. The first kappa shape index (κ1) is 26.4. The third-order valence-electron chi connectivity index (χ3n) is 5.87. The molecular formula is C27H40F2O3. The van der Waals surface area contributed by atoms with Crippen LogP contribution < -0.4 is 0 Å². The van der Waals surface area contributed by atoms with Crippen LogP contribution in [0, 0.1) is 0 Å². The van der Waals surface area contributed by atoms with E-state index in [1.807, 2.05) is 12.1 Å². The quantitative estimate of drug-likeness (QED) is 0.354. The van der Waals surface area contributed by atoms with Gasteiger partial charge in [0, 0.05) is 18.8 Å². The second kappa shape index (κ2) is 14.3. The minimum atomic E-state index is -0.950. The fourth-order valence-electron chi connectivity index (χ4n) is 3.99. The number of hydrogen-bond acceptors (Lipinski definition) is 3. The molecule has 1 fully saturated rings. The fraction of sp³-hybridized carbons (Fsp3) is 0.630. The van der Waals surface area contributed by atoms with E-state index in [2.05, 4.69) is 32.9 Å². The van der Waals surface area contributed by atoms with E-state index in [1.165, 1.54) is 44.8 Å². The number of allylic oxidation sites excluding steroid dienone is 4. The number of hydrogen-bond donors (Lipinski definition) is 0. The van der Waals surface area contributed by atoms with Gasteiger partial charge in [0.25, 0.3) is 0 Å². The maximum atomic E-state index is 14.0. The summed E-state index contributed by atoms with van der Waals surface area (Å²) >= 11 is 0. The molecule has 0 aromatic heterocycles. The first-order chi connectivity index (χ1) is 15.5. The van der Waals surface area contributed by atoms with Crippen molar-refractivity contribution in [1.29, 1.82) is 0 Å². The lowest BCUT2D eigenvalue weighted by Crippen LogP contribution is -2.24. The van der Waals surface area contributed by atoms with Crippen LogP contribution in [0.25, 0.3) is 0 Å². The zero-order chi connectivity index (χ0) is 23.3. The van der Waals surface area contributed by atoms with E-state index >= 15 is 0 Å². The molecule has 1 aliphatic heterocycles. The van der Waals surface area contributed by atoms with Gasteiger partial charge in [0.1, 0.15) is 18.1 Å². The smallest absolute Gasteiger partial charge is 0.199 e. The van der Waals surface area contributed by atoms with E-state index in [-0.39, 0.29) is 18.1 Å². The molecule has 0 bridgehead atoms. The molecule has 180 valence electrons. The molecule has 0 saturated carbocycles. The first-order valence-electron chi connectivity index (χ1n) is 12.2. The van der Waals surface area contributed by atoms with E-state index in [9.17, 15) is 8.78 Å². The second-order valence-electron chi connectivity index (χ2n) is 8.64. The SMILES string of the molecule is CCC.CCCCCC1CCC(c2ccc(COC3=C(F)C(F)=C(OC)CC3)cc2)CO1. The van der Waals surface area contributed by atoms with Crippen molar-refractivity contribution in [3.8, 4) is 0 Å². The lowest BCUT2D eigenvalue weighted by atomic mass is 9.90. The summed E-state index contributed by atoms with van der Waals surface area (Å²) in [6.07, 6.45) is 9.50. The number of ether oxygens (including phenoxy) is 3. The molecule has 2 atom stereocenters. The Hall–Kier alpha value is -1.88. The highest BCUT2D eigenvalue weighted by atomic mass is 19.2. The van der Waals surface area contributed by atoms with Gasteiger partial charge in [0.15, 0.2) is 11.7 Å². The Morgan fingerprint density at radius 3 is 2.19 bits per heavy atom. The van der Waals surface area contributed by atoms with Crippen LogP contribution in [-0.4, -0.2) is 19.8 Å². The van der Waals surface area contributed by atoms with Gasteiger partial charge in [-0.15, -0.1) is 0 Å². The van der Waals surface area contributed by atoms with Crippen LogP contribution in [0.2, 0.25) is 0 Å². The average Bonchev–Trinajstić information content (AvgIpc) is 2.82. The van der Waals surface area contributed by atoms with E-state index in [1.54, 1.807) is 0 Å². The van der Waals surface area contributed by atoms with Gasteiger partial charge in [0.2, 0.25) is 0 Å². The van der Waals surface area contributed by atoms with Crippen molar-refractivity contribution in [2.75, 3.05) is 13.7 Å². The minimum Gasteiger partial charge on any atom is -0.498 e. The van der Waals surface area contributed by atoms with Crippen LogP contribution in [-0.2, 0) is 20.8 Å². The van der Waals surface area contributed by atoms with Gasteiger partial charge in [-0.05, 0) is 30.4 Å². The van der Waals surface area contributed by atoms with E-state index in [0.717, 1.165) is 25.0 Å². The van der Waals surface area contributed by atoms with Crippen LogP contribution in [0.5, 0.6) is 0 Å². The molecule has 0 N–H and O–H groups in total. The molecule has 1 aromatic rings. The van der Waals surface area contributed by atoms with Crippen molar-refractivity contribution in [3.63, 3.8) is 0 Å². The number of benzene rings is 1. The average molecular weight is 451 g/mol. The Bertz CT molecular complexity index is 732. The number of methoxy groups -OCH3 is 1. The highest BCUT2D eigenvalue weighted by Crippen LogP contribution is 2.34. The Labute approximate surface area is 192 Å². The molecule has 0 amide bonds. The van der Waals surface area contributed by atoms with Gasteiger partial charge in [-0.1, -0.05) is 70.7 Å². The number of unbranched alkanes of at least 4 members (excludes halogenated alkanes) is 2. The molecular weight excluding hydrogens is 410 g/mol. The Kier molecular flexibility index (Phi) is 11.8. The highest BCUT2D eigenvalue weighted by molar-refractivity contribution is 5.30. The summed E-state index contributed by atoms with van der Waals surface area (Å²) in [5.41, 5.74) is 2.20. The van der Waals surface area contributed by atoms with Crippen molar-refractivity contribution in [2.45, 2.75) is 97.2 Å². The van der Waals surface area contributed by atoms with Crippen LogP contribution >= 0.6 is 0 Å². The molecule has 3 rings (SSSR count). The zero-order valence-corrected chi connectivity index (χ0v) is 20.2. The van der Waals surface area contributed by atoms with E-state index in [0.29, 0.717) is 24.9 Å². The normalized spacial score (nSPS) is 21.2. The molecule has 2 aliphatic rings. The molecule has 5 heteroatoms. The summed E-state index contributed by atoms with van der Waals surface area (Å²) in [4.78, 5) is 0. The molecule has 32 heavy (non-hydrogen) atoms. The lowest BCUT2D eigenvalue weighted by molar-refractivity contribution is -0.00208. The standard InChI is InChI=1S/C24H32F2O3.C3H8/c1-3-4-5-6-20-12-11-19(16-28-20)18-9-7-17(8-10-18)15-29-22-14-13-21(27-2)23(25)24(22)26;1-3-2/h7-10,19-20H,3-6,11-16H2,1-2H3;3H2,1-2H3. The third-order valence-corrected chi connectivity index (χ3v) is 5.87. The van der Waals surface area contributed by atoms with Gasteiger partial charge in [-0.2, -0.15) is 8.78 Å². The van der Waals surface area contributed by atoms with Crippen molar-refractivity contribution in [1.82, 2.24) is 0 Å². The van der Waals surface area contributed by atoms with Gasteiger partial charge < -0.3 is 14.2 Å². The number of rotatable bonds is 9. The maximum absolute atomic E-state index is 14.0. The van der Waals surface area contributed by atoms with E-state index in [4.69, 9.17) is 14.2 Å².